The molecule has 0 radical (unpaired) electrons. The van der Waals surface area contributed by atoms with Crippen molar-refractivity contribution in [2.75, 3.05) is 77.2 Å². The quantitative estimate of drug-likeness (QED) is 0.0248. The van der Waals surface area contributed by atoms with E-state index in [4.69, 9.17) is 62.0 Å². The van der Waals surface area contributed by atoms with Crippen LogP contribution in [0.3, 0.4) is 0 Å². The van der Waals surface area contributed by atoms with Crippen LogP contribution >= 0.6 is 0 Å². The zero-order valence-electron chi connectivity index (χ0n) is 52.1. The number of rotatable bonds is 53. The standard InChI is InChI=1S/C51H122O14Si9/c1-21-61-62-40-33-29-25-23-22-24-26-30-34-41-66(11,12)50-51-67(13,14)42-35-31-27-28-32-36-46-74(63-68(15,16)43-37-47-71(52-2,53-3)54-4,64-69(17,18)44-38-48-72(55-5,56-6)57-7)65-70(19,20)45-39-49-73(58-8,59-9)60-10/h21-51H2,1-20H3. The molecule has 23 heteroatoms. The van der Waals surface area contributed by atoms with E-state index in [2.05, 4.69) is 65.5 Å². The maximum atomic E-state index is 7.69. The Hall–Kier alpha value is 1.39. The Morgan fingerprint density at radius 2 is 0.473 bits per heavy atom. The van der Waals surface area contributed by atoms with Gasteiger partial charge < -0.3 is 52.2 Å². The van der Waals surface area contributed by atoms with Gasteiger partial charge in [0.25, 0.3) is 0 Å². The van der Waals surface area contributed by atoms with Gasteiger partial charge in [0.05, 0.1) is 13.2 Å². The van der Waals surface area contributed by atoms with Crippen molar-refractivity contribution in [1.82, 2.24) is 0 Å². The molecule has 0 aliphatic heterocycles. The van der Waals surface area contributed by atoms with Crippen LogP contribution in [0, 0.1) is 0 Å². The van der Waals surface area contributed by atoms with Crippen LogP contribution in [-0.2, 0) is 62.0 Å². The number of hydrogen-bond acceptors (Lipinski definition) is 14. The third kappa shape index (κ3) is 34.0. The minimum absolute atomic E-state index is 0.628. The molecule has 0 spiro atoms. The molecule has 0 amide bonds. The Morgan fingerprint density at radius 3 is 0.743 bits per heavy atom. The molecule has 0 rings (SSSR count). The van der Waals surface area contributed by atoms with E-state index in [9.17, 15) is 0 Å². The summed E-state index contributed by atoms with van der Waals surface area (Å²) in [5, 5.41) is 0. The molecule has 0 aromatic rings. The number of unbranched alkanes of at least 4 members (excludes halogenated alkanes) is 13. The van der Waals surface area contributed by atoms with Gasteiger partial charge in [0.2, 0.25) is 0 Å². The van der Waals surface area contributed by atoms with Crippen molar-refractivity contribution >= 4 is 76.3 Å². The first-order valence-corrected chi connectivity index (χ1v) is 53.0. The van der Waals surface area contributed by atoms with E-state index in [-0.39, 0.29) is 0 Å². The average molecular weight is 1210 g/mol. The molecular formula is C51H122O14Si9. The van der Waals surface area contributed by atoms with Gasteiger partial charge in [-0.2, -0.15) is 0 Å². The summed E-state index contributed by atoms with van der Waals surface area (Å²) in [4.78, 5) is 10.1. The lowest BCUT2D eigenvalue weighted by Gasteiger charge is -2.45. The maximum Gasteiger partial charge on any atom is 0.500 e. The maximum absolute atomic E-state index is 7.69. The van der Waals surface area contributed by atoms with E-state index in [1.54, 1.807) is 64.0 Å². The predicted octanol–water partition coefficient (Wildman–Crippen LogP) is 15.6. The van der Waals surface area contributed by atoms with E-state index >= 15 is 0 Å². The summed E-state index contributed by atoms with van der Waals surface area (Å²) in [6.45, 7) is 28.0. The van der Waals surface area contributed by atoms with Crippen molar-refractivity contribution in [2.24, 2.45) is 0 Å². The molecule has 14 nitrogen and oxygen atoms in total. The van der Waals surface area contributed by atoms with Gasteiger partial charge in [-0.1, -0.05) is 134 Å². The highest BCUT2D eigenvalue weighted by Gasteiger charge is 2.53. The lowest BCUT2D eigenvalue weighted by atomic mass is 10.1. The fourth-order valence-electron chi connectivity index (χ4n) is 10.2. The zero-order chi connectivity index (χ0) is 56.3. The van der Waals surface area contributed by atoms with E-state index in [1.165, 1.54) is 101 Å². The summed E-state index contributed by atoms with van der Waals surface area (Å²) in [5.41, 5.74) is 0. The summed E-state index contributed by atoms with van der Waals surface area (Å²) in [6, 6.07) is 11.8. The van der Waals surface area contributed by atoms with Crippen LogP contribution in [-0.4, -0.2) is 154 Å². The molecule has 0 heterocycles. The second-order valence-corrected chi connectivity index (χ2v) is 60.6. The van der Waals surface area contributed by atoms with Crippen LogP contribution in [0.1, 0.15) is 122 Å². The zero-order valence-corrected chi connectivity index (χ0v) is 61.1. The largest absolute Gasteiger partial charge is 0.500 e. The highest BCUT2D eigenvalue weighted by molar-refractivity contribution is 6.91. The Kier molecular flexibility index (Phi) is 40.5. The van der Waals surface area contributed by atoms with Crippen molar-refractivity contribution < 1.29 is 62.0 Å². The molecule has 0 atom stereocenters. The minimum atomic E-state index is -3.27. The normalized spacial score (nSPS) is 13.9. The van der Waals surface area contributed by atoms with Crippen LogP contribution in [0.2, 0.25) is 132 Å². The van der Waals surface area contributed by atoms with Gasteiger partial charge in [0.1, 0.15) is 0 Å². The van der Waals surface area contributed by atoms with E-state index < -0.39 is 76.3 Å². The van der Waals surface area contributed by atoms with Gasteiger partial charge in [-0.15, -0.1) is 0 Å². The Balaban J connectivity index is 5.88. The summed E-state index contributed by atoms with van der Waals surface area (Å²) in [7, 11) is -5.73. The molecule has 446 valence electrons. The topological polar surface area (TPSA) is 129 Å². The second kappa shape index (κ2) is 39.8. The molecule has 0 aliphatic rings. The monoisotopic (exact) mass is 1210 g/mol. The first-order chi connectivity index (χ1) is 34.8. The molecule has 0 bridgehead atoms. The van der Waals surface area contributed by atoms with E-state index in [0.717, 1.165) is 87.4 Å². The third-order valence-corrected chi connectivity index (χ3v) is 46.8. The van der Waals surface area contributed by atoms with Crippen LogP contribution in [0.15, 0.2) is 0 Å². The predicted molar refractivity (Wildman–Crippen MR) is 330 cm³/mol. The smallest absolute Gasteiger partial charge is 0.417 e. The van der Waals surface area contributed by atoms with Crippen molar-refractivity contribution in [2.45, 2.75) is 254 Å². The van der Waals surface area contributed by atoms with Crippen molar-refractivity contribution in [3.8, 4) is 0 Å². The first-order valence-electron chi connectivity index (χ1n) is 29.1. The van der Waals surface area contributed by atoms with Gasteiger partial charge >= 0.3 is 35.2 Å². The van der Waals surface area contributed by atoms with Crippen LogP contribution in [0.5, 0.6) is 0 Å². The van der Waals surface area contributed by atoms with Gasteiger partial charge in [0.15, 0.2) is 25.0 Å². The summed E-state index contributed by atoms with van der Waals surface area (Å²) in [6.07, 6.45) is 22.1. The van der Waals surface area contributed by atoms with E-state index in [0.29, 0.717) is 6.61 Å². The minimum Gasteiger partial charge on any atom is -0.417 e. The first kappa shape index (κ1) is 75.4. The molecule has 0 saturated carbocycles. The lowest BCUT2D eigenvalue weighted by Crippen LogP contribution is -2.62. The summed E-state index contributed by atoms with van der Waals surface area (Å²) in [5.74, 6) is 0. The lowest BCUT2D eigenvalue weighted by molar-refractivity contribution is -0.291. The summed E-state index contributed by atoms with van der Waals surface area (Å²) < 4.78 is 75.5. The Morgan fingerprint density at radius 1 is 0.230 bits per heavy atom. The molecule has 0 aromatic carbocycles. The molecule has 0 N–H and O–H groups in total. The van der Waals surface area contributed by atoms with Crippen molar-refractivity contribution in [3.05, 3.63) is 0 Å². The van der Waals surface area contributed by atoms with E-state index in [1.807, 2.05) is 6.92 Å². The molecule has 0 aliphatic carbocycles. The fourth-order valence-corrected chi connectivity index (χ4v) is 42.7. The third-order valence-electron chi connectivity index (χ3n) is 15.2. The highest BCUT2D eigenvalue weighted by Crippen LogP contribution is 2.37. The Labute approximate surface area is 467 Å². The second-order valence-electron chi connectivity index (χ2n) is 24.3. The fraction of sp³-hybridized carbons (Fsp3) is 1.00. The molecule has 0 aromatic heterocycles. The molecule has 0 fully saturated rings. The van der Waals surface area contributed by atoms with Gasteiger partial charge in [-0.05, 0) is 96.4 Å². The molecular weight excluding hydrogens is 1090 g/mol. The van der Waals surface area contributed by atoms with Crippen LogP contribution in [0.25, 0.3) is 0 Å². The SMILES string of the molecule is CCOOCCCCCCCCCCC[Si](C)(C)CC[Si](C)(C)CCCCCCCC[Si](O[Si](C)(C)CCC[Si](OC)(OC)OC)(O[Si](C)(C)CCC[Si](OC)(OC)OC)O[Si](C)(C)CCC[Si](OC)(OC)OC. The van der Waals surface area contributed by atoms with Gasteiger partial charge in [0, 0.05) is 104 Å². The van der Waals surface area contributed by atoms with Crippen LogP contribution < -0.4 is 0 Å². The average Bonchev–Trinajstić information content (AvgIpc) is 3.34. The van der Waals surface area contributed by atoms with Gasteiger partial charge in [-0.3, -0.25) is 0 Å². The highest BCUT2D eigenvalue weighted by atomic mass is 28.5. The van der Waals surface area contributed by atoms with Crippen molar-refractivity contribution in [3.63, 3.8) is 0 Å². The molecule has 74 heavy (non-hydrogen) atoms. The molecule has 0 saturated heterocycles. The summed E-state index contributed by atoms with van der Waals surface area (Å²) >= 11 is 0. The number of hydrogen-bond donors (Lipinski definition) is 0. The molecule has 0 unspecified atom stereocenters. The van der Waals surface area contributed by atoms with Crippen LogP contribution in [0.4, 0.5) is 0 Å². The Bertz CT molecular complexity index is 1240. The van der Waals surface area contributed by atoms with Crippen molar-refractivity contribution in [1.29, 1.82) is 0 Å². The van der Waals surface area contributed by atoms with Gasteiger partial charge in [-0.25, -0.2) is 9.78 Å².